The van der Waals surface area contributed by atoms with Crippen LogP contribution in [0.25, 0.3) is 0 Å². The Kier molecular flexibility index (Phi) is 2.42. The third-order valence-electron chi connectivity index (χ3n) is 4.68. The van der Waals surface area contributed by atoms with Gasteiger partial charge in [-0.15, -0.1) is 0 Å². The van der Waals surface area contributed by atoms with Gasteiger partial charge in [-0.3, -0.25) is 0 Å². The number of ether oxygens (including phenoxy) is 1. The Hall–Kier alpha value is -1.05. The first-order valence-corrected chi connectivity index (χ1v) is 6.66. The van der Waals surface area contributed by atoms with Crippen LogP contribution < -0.4 is 0 Å². The minimum atomic E-state index is -0.0712. The van der Waals surface area contributed by atoms with Gasteiger partial charge in [0.25, 0.3) is 0 Å². The Balaban J connectivity index is 2.02. The summed E-state index contributed by atoms with van der Waals surface area (Å²) < 4.78 is 5.49. The smallest absolute Gasteiger partial charge is 0.334 e. The van der Waals surface area contributed by atoms with Crippen LogP contribution in [-0.4, -0.2) is 12.1 Å². The maximum atomic E-state index is 11.8. The quantitative estimate of drug-likeness (QED) is 0.513. The Bertz CT molecular complexity index is 417. The number of rotatable bonds is 1. The number of carbonyl (C=O) groups excluding carboxylic acids is 1. The first kappa shape index (κ1) is 11.1. The van der Waals surface area contributed by atoms with Crippen molar-refractivity contribution in [1.29, 1.82) is 0 Å². The summed E-state index contributed by atoms with van der Waals surface area (Å²) >= 11 is 0. The van der Waals surface area contributed by atoms with Crippen molar-refractivity contribution in [1.82, 2.24) is 0 Å². The highest BCUT2D eigenvalue weighted by molar-refractivity contribution is 5.92. The molecule has 1 aliphatic heterocycles. The standard InChI is InChI=1S/C15H20O2/c1-8(2)10-4-5-11-14-12(10)6-9(3)7-13(14)17-15(11)16/h5,7-8,10,12-14H,4,6H2,1-3H3/t10-,12+,13+,14-/m1/s1. The van der Waals surface area contributed by atoms with Gasteiger partial charge in [0.15, 0.2) is 0 Å². The molecular weight excluding hydrogens is 212 g/mol. The normalized spacial score (nSPS) is 39.6. The van der Waals surface area contributed by atoms with Crippen LogP contribution >= 0.6 is 0 Å². The molecular formula is C15H20O2. The molecule has 2 aliphatic carbocycles. The van der Waals surface area contributed by atoms with Crippen LogP contribution in [0.15, 0.2) is 23.3 Å². The van der Waals surface area contributed by atoms with Crippen molar-refractivity contribution >= 4 is 5.97 Å². The summed E-state index contributed by atoms with van der Waals surface area (Å²) in [6, 6.07) is 0. The molecule has 2 heteroatoms. The third kappa shape index (κ3) is 1.57. The Morgan fingerprint density at radius 1 is 1.41 bits per heavy atom. The van der Waals surface area contributed by atoms with Gasteiger partial charge in [-0.05, 0) is 43.6 Å². The van der Waals surface area contributed by atoms with E-state index in [0.717, 1.165) is 18.4 Å². The van der Waals surface area contributed by atoms with E-state index in [0.29, 0.717) is 23.7 Å². The van der Waals surface area contributed by atoms with Crippen LogP contribution in [0, 0.1) is 23.7 Å². The van der Waals surface area contributed by atoms with E-state index < -0.39 is 0 Å². The van der Waals surface area contributed by atoms with Gasteiger partial charge in [0.05, 0.1) is 0 Å². The molecule has 0 saturated carbocycles. The summed E-state index contributed by atoms with van der Waals surface area (Å²) in [5.41, 5.74) is 2.35. The van der Waals surface area contributed by atoms with Crippen molar-refractivity contribution in [3.05, 3.63) is 23.3 Å². The van der Waals surface area contributed by atoms with E-state index in [2.05, 4.69) is 32.9 Å². The lowest BCUT2D eigenvalue weighted by atomic mass is 9.63. The molecule has 1 fully saturated rings. The number of hydrogen-bond donors (Lipinski definition) is 0. The Labute approximate surface area is 103 Å². The van der Waals surface area contributed by atoms with Gasteiger partial charge < -0.3 is 4.74 Å². The zero-order valence-corrected chi connectivity index (χ0v) is 10.8. The molecule has 0 spiro atoms. The molecule has 0 aromatic heterocycles. The zero-order valence-electron chi connectivity index (χ0n) is 10.8. The van der Waals surface area contributed by atoms with Crippen LogP contribution in [0.4, 0.5) is 0 Å². The molecule has 1 saturated heterocycles. The second kappa shape index (κ2) is 3.72. The molecule has 0 amide bonds. The van der Waals surface area contributed by atoms with Gasteiger partial charge in [0.2, 0.25) is 0 Å². The lowest BCUT2D eigenvalue weighted by Gasteiger charge is -2.40. The molecule has 0 aromatic carbocycles. The van der Waals surface area contributed by atoms with Crippen LogP contribution in [0.2, 0.25) is 0 Å². The van der Waals surface area contributed by atoms with Gasteiger partial charge in [-0.2, -0.15) is 0 Å². The van der Waals surface area contributed by atoms with Gasteiger partial charge in [-0.25, -0.2) is 4.79 Å². The van der Waals surface area contributed by atoms with E-state index in [9.17, 15) is 4.79 Å². The van der Waals surface area contributed by atoms with Crippen molar-refractivity contribution in [2.24, 2.45) is 23.7 Å². The largest absolute Gasteiger partial charge is 0.454 e. The highest BCUT2D eigenvalue weighted by atomic mass is 16.6. The summed E-state index contributed by atoms with van der Waals surface area (Å²) in [5, 5.41) is 0. The molecule has 3 aliphatic rings. The van der Waals surface area contributed by atoms with E-state index in [1.807, 2.05) is 0 Å². The minimum absolute atomic E-state index is 0.0223. The average Bonchev–Trinajstić information content (AvgIpc) is 2.56. The topological polar surface area (TPSA) is 26.3 Å². The van der Waals surface area contributed by atoms with E-state index in [-0.39, 0.29) is 12.1 Å². The molecule has 0 aromatic rings. The molecule has 0 bridgehead atoms. The fourth-order valence-electron chi connectivity index (χ4n) is 3.88. The molecule has 2 nitrogen and oxygen atoms in total. The number of allylic oxidation sites excluding steroid dienone is 2. The molecule has 0 unspecified atom stereocenters. The zero-order chi connectivity index (χ0) is 12.2. The van der Waals surface area contributed by atoms with Crippen LogP contribution in [-0.2, 0) is 9.53 Å². The fraction of sp³-hybridized carbons (Fsp3) is 0.667. The minimum Gasteiger partial charge on any atom is -0.454 e. The number of carbonyl (C=O) groups is 1. The highest BCUT2D eigenvalue weighted by Crippen LogP contribution is 2.50. The van der Waals surface area contributed by atoms with Gasteiger partial charge in [-0.1, -0.05) is 25.5 Å². The fourth-order valence-corrected chi connectivity index (χ4v) is 3.88. The molecule has 1 heterocycles. The first-order chi connectivity index (χ1) is 8.08. The van der Waals surface area contributed by atoms with Gasteiger partial charge in [0.1, 0.15) is 6.10 Å². The molecule has 0 radical (unpaired) electrons. The number of hydrogen-bond acceptors (Lipinski definition) is 2. The third-order valence-corrected chi connectivity index (χ3v) is 4.68. The molecule has 4 atom stereocenters. The second-order valence-electron chi connectivity index (χ2n) is 6.08. The van der Waals surface area contributed by atoms with E-state index >= 15 is 0 Å². The van der Waals surface area contributed by atoms with Crippen molar-refractivity contribution in [2.45, 2.75) is 39.7 Å². The van der Waals surface area contributed by atoms with Gasteiger partial charge in [0, 0.05) is 11.5 Å². The summed E-state index contributed by atoms with van der Waals surface area (Å²) in [6.07, 6.45) is 6.50. The first-order valence-electron chi connectivity index (χ1n) is 6.66. The van der Waals surface area contributed by atoms with Crippen molar-refractivity contribution in [2.75, 3.05) is 0 Å². The monoisotopic (exact) mass is 232 g/mol. The summed E-state index contributed by atoms with van der Waals surface area (Å²) in [6.45, 7) is 6.76. The summed E-state index contributed by atoms with van der Waals surface area (Å²) in [4.78, 5) is 11.8. The maximum Gasteiger partial charge on any atom is 0.334 e. The summed E-state index contributed by atoms with van der Waals surface area (Å²) in [7, 11) is 0. The van der Waals surface area contributed by atoms with E-state index in [1.165, 1.54) is 5.57 Å². The van der Waals surface area contributed by atoms with Crippen LogP contribution in [0.5, 0.6) is 0 Å². The lowest BCUT2D eigenvalue weighted by molar-refractivity contribution is -0.137. The molecule has 92 valence electrons. The van der Waals surface area contributed by atoms with E-state index in [4.69, 9.17) is 4.74 Å². The predicted molar refractivity (Wildman–Crippen MR) is 66.3 cm³/mol. The van der Waals surface area contributed by atoms with Crippen molar-refractivity contribution < 1.29 is 9.53 Å². The highest BCUT2D eigenvalue weighted by Gasteiger charge is 2.49. The average molecular weight is 232 g/mol. The lowest BCUT2D eigenvalue weighted by Crippen LogP contribution is -2.37. The Morgan fingerprint density at radius 3 is 2.88 bits per heavy atom. The maximum absolute atomic E-state index is 11.8. The SMILES string of the molecule is CC1=C[C@@H]2OC(=O)C3=CC[C@H](C(C)C)[C@H](C1)[C@@H]32. The number of esters is 1. The van der Waals surface area contributed by atoms with Gasteiger partial charge >= 0.3 is 5.97 Å². The molecule has 3 rings (SSSR count). The second-order valence-corrected chi connectivity index (χ2v) is 6.08. The molecule has 17 heavy (non-hydrogen) atoms. The van der Waals surface area contributed by atoms with Crippen LogP contribution in [0.3, 0.4) is 0 Å². The van der Waals surface area contributed by atoms with Crippen molar-refractivity contribution in [3.8, 4) is 0 Å². The predicted octanol–water partition coefficient (Wildman–Crippen LogP) is 3.10. The summed E-state index contributed by atoms with van der Waals surface area (Å²) in [5.74, 6) is 2.26. The molecule has 0 N–H and O–H groups in total. The Morgan fingerprint density at radius 2 is 2.18 bits per heavy atom. The van der Waals surface area contributed by atoms with E-state index in [1.54, 1.807) is 0 Å². The van der Waals surface area contributed by atoms with Crippen LogP contribution in [0.1, 0.15) is 33.6 Å². The van der Waals surface area contributed by atoms with Crippen molar-refractivity contribution in [3.63, 3.8) is 0 Å².